The standard InChI is InChI=1S/C64H52N2O2Si2/c1-69(2,3)46-32-26-42(27-33-46)65(58-21-13-19-55-51-16-9-11-23-60(51)67-63(55)58)44-30-37-48-41(39-44)25-36-54-50-38-31-45(40-57(50)49-15-7-8-18-53(49)62(48)54)66(43-28-34-47(35-29-43)70(4,5)6)59-22-14-20-56-52-17-10-12-24-61(52)68-64(56)59/h7-40H,1-6H3. The number of hydrogen-bond acceptors (Lipinski definition) is 4. The van der Waals surface area contributed by atoms with Gasteiger partial charge in [-0.05, 0) is 116 Å². The molecule has 6 heteroatoms. The van der Waals surface area contributed by atoms with Gasteiger partial charge in [-0.1, -0.05) is 183 Å². The summed E-state index contributed by atoms with van der Waals surface area (Å²) in [5.41, 5.74) is 9.91. The highest BCUT2D eigenvalue weighted by Crippen LogP contribution is 2.47. The Labute approximate surface area is 409 Å². The lowest BCUT2D eigenvalue weighted by molar-refractivity contribution is 0.668. The quantitative estimate of drug-likeness (QED) is 0.112. The molecule has 0 amide bonds. The van der Waals surface area contributed by atoms with Crippen LogP contribution < -0.4 is 20.2 Å². The van der Waals surface area contributed by atoms with Crippen molar-refractivity contribution in [2.24, 2.45) is 0 Å². The number of rotatable bonds is 8. The fourth-order valence-electron chi connectivity index (χ4n) is 10.9. The Morgan fingerprint density at radius 3 is 1.23 bits per heavy atom. The fourth-order valence-corrected chi connectivity index (χ4v) is 13.3. The molecule has 0 unspecified atom stereocenters. The molecule has 0 saturated carbocycles. The van der Waals surface area contributed by atoms with E-state index in [2.05, 4.69) is 243 Å². The van der Waals surface area contributed by atoms with Crippen molar-refractivity contribution >= 4 is 148 Å². The molecule has 13 aromatic rings. The average Bonchev–Trinajstić information content (AvgIpc) is 3.96. The largest absolute Gasteiger partial charge is 0.454 e. The van der Waals surface area contributed by atoms with Gasteiger partial charge in [-0.15, -0.1) is 0 Å². The van der Waals surface area contributed by atoms with Crippen molar-refractivity contribution in [1.29, 1.82) is 0 Å². The zero-order valence-electron chi connectivity index (χ0n) is 40.3. The second-order valence-electron chi connectivity index (χ2n) is 20.9. The summed E-state index contributed by atoms with van der Waals surface area (Å²) in [5, 5.41) is 17.1. The van der Waals surface area contributed by atoms with Gasteiger partial charge >= 0.3 is 0 Å². The second-order valence-corrected chi connectivity index (χ2v) is 31.1. The molecule has 0 N–H and O–H groups in total. The minimum Gasteiger partial charge on any atom is -0.454 e. The normalized spacial score (nSPS) is 12.4. The van der Waals surface area contributed by atoms with Gasteiger partial charge in [0.2, 0.25) is 0 Å². The maximum Gasteiger partial charge on any atom is 0.159 e. The number of para-hydroxylation sites is 4. The van der Waals surface area contributed by atoms with Gasteiger partial charge < -0.3 is 18.6 Å². The number of nitrogens with zero attached hydrogens (tertiary/aromatic N) is 2. The summed E-state index contributed by atoms with van der Waals surface area (Å²) >= 11 is 0. The van der Waals surface area contributed by atoms with Crippen molar-refractivity contribution in [3.05, 3.63) is 206 Å². The Balaban J connectivity index is 0.999. The molecule has 0 aliphatic rings. The number of hydrogen-bond donors (Lipinski definition) is 0. The highest BCUT2D eigenvalue weighted by molar-refractivity contribution is 6.89. The average molecular weight is 937 g/mol. The summed E-state index contributed by atoms with van der Waals surface area (Å²) in [5.74, 6) is 0. The van der Waals surface area contributed by atoms with Crippen LogP contribution in [-0.4, -0.2) is 16.1 Å². The third kappa shape index (κ3) is 6.77. The Morgan fingerprint density at radius 2 is 0.700 bits per heavy atom. The number of furan rings is 2. The van der Waals surface area contributed by atoms with E-state index in [1.165, 1.54) is 53.5 Å². The predicted octanol–water partition coefficient (Wildman–Crippen LogP) is 18.1. The Hall–Kier alpha value is -7.91. The molecule has 11 aromatic carbocycles. The Bertz CT molecular complexity index is 4190. The molecule has 0 spiro atoms. The number of benzene rings is 11. The van der Waals surface area contributed by atoms with Gasteiger partial charge in [0, 0.05) is 44.3 Å². The summed E-state index contributed by atoms with van der Waals surface area (Å²) in [7, 11) is -3.06. The number of fused-ring (bicyclic) bond motifs is 14. The fraction of sp³-hybridized carbons (Fsp3) is 0.0938. The molecule has 0 atom stereocenters. The summed E-state index contributed by atoms with van der Waals surface area (Å²) < 4.78 is 13.4. The lowest BCUT2D eigenvalue weighted by Gasteiger charge is -2.27. The van der Waals surface area contributed by atoms with Crippen LogP contribution >= 0.6 is 0 Å². The first-order valence-electron chi connectivity index (χ1n) is 24.4. The van der Waals surface area contributed by atoms with E-state index < -0.39 is 16.1 Å². The van der Waals surface area contributed by atoms with Crippen molar-refractivity contribution in [1.82, 2.24) is 0 Å². The third-order valence-corrected chi connectivity index (χ3v) is 18.7. The molecule has 70 heavy (non-hydrogen) atoms. The van der Waals surface area contributed by atoms with Gasteiger partial charge in [0.25, 0.3) is 0 Å². The summed E-state index contributed by atoms with van der Waals surface area (Å²) in [4.78, 5) is 4.76. The topological polar surface area (TPSA) is 32.8 Å². The Kier molecular flexibility index (Phi) is 9.54. The van der Waals surface area contributed by atoms with Gasteiger partial charge in [0.15, 0.2) is 11.2 Å². The van der Waals surface area contributed by atoms with Gasteiger partial charge in [0.1, 0.15) is 11.2 Å². The van der Waals surface area contributed by atoms with Crippen LogP contribution in [0.3, 0.4) is 0 Å². The second kappa shape index (κ2) is 15.8. The predicted molar refractivity (Wildman–Crippen MR) is 306 cm³/mol. The van der Waals surface area contributed by atoms with Crippen LogP contribution in [0.5, 0.6) is 0 Å². The summed E-state index contributed by atoms with van der Waals surface area (Å²) in [6.45, 7) is 14.4. The highest BCUT2D eigenvalue weighted by atomic mass is 28.3. The first-order chi connectivity index (χ1) is 34.0. The molecule has 2 heterocycles. The van der Waals surface area contributed by atoms with Crippen LogP contribution in [0.2, 0.25) is 39.3 Å². The first kappa shape index (κ1) is 42.2. The maximum absolute atomic E-state index is 6.72. The van der Waals surface area contributed by atoms with E-state index in [-0.39, 0.29) is 0 Å². The molecule has 2 aromatic heterocycles. The summed E-state index contributed by atoms with van der Waals surface area (Å²) in [6, 6.07) is 75.8. The van der Waals surface area contributed by atoms with E-state index >= 15 is 0 Å². The molecule has 0 saturated heterocycles. The molecular weight excluding hydrogens is 885 g/mol. The maximum atomic E-state index is 6.72. The Morgan fingerprint density at radius 1 is 0.300 bits per heavy atom. The van der Waals surface area contributed by atoms with Crippen molar-refractivity contribution in [2.45, 2.75) is 39.3 Å². The molecule has 13 rings (SSSR count). The highest BCUT2D eigenvalue weighted by Gasteiger charge is 2.25. The lowest BCUT2D eigenvalue weighted by atomic mass is 9.90. The van der Waals surface area contributed by atoms with Crippen LogP contribution in [-0.2, 0) is 0 Å². The monoisotopic (exact) mass is 936 g/mol. The molecule has 0 aliphatic heterocycles. The van der Waals surface area contributed by atoms with Crippen molar-refractivity contribution in [3.8, 4) is 0 Å². The zero-order chi connectivity index (χ0) is 47.5. The van der Waals surface area contributed by atoms with Gasteiger partial charge in [0.05, 0.1) is 27.5 Å². The van der Waals surface area contributed by atoms with E-state index in [0.29, 0.717) is 0 Å². The van der Waals surface area contributed by atoms with Gasteiger partial charge in [-0.3, -0.25) is 0 Å². The van der Waals surface area contributed by atoms with E-state index in [0.717, 1.165) is 78.0 Å². The molecule has 0 aliphatic carbocycles. The van der Waals surface area contributed by atoms with E-state index in [1.807, 2.05) is 12.1 Å². The van der Waals surface area contributed by atoms with E-state index in [4.69, 9.17) is 8.83 Å². The van der Waals surface area contributed by atoms with Crippen LogP contribution in [0.25, 0.3) is 87.0 Å². The SMILES string of the molecule is C[Si](C)(C)c1ccc(N(c2ccc3c(ccc4c5ccc(N(c6ccc([Si](C)(C)C)cc6)c6cccc7c6oc6ccccc67)cc5c5ccccc5c34)c2)c2cccc3c2oc2ccccc23)cc1. The van der Waals surface area contributed by atoms with E-state index in [9.17, 15) is 0 Å². The number of anilines is 6. The lowest BCUT2D eigenvalue weighted by Crippen LogP contribution is -2.37. The zero-order valence-corrected chi connectivity index (χ0v) is 42.3. The minimum atomic E-state index is -1.53. The van der Waals surface area contributed by atoms with E-state index in [1.54, 1.807) is 0 Å². The summed E-state index contributed by atoms with van der Waals surface area (Å²) in [6.07, 6.45) is 0. The van der Waals surface area contributed by atoms with Gasteiger partial charge in [-0.2, -0.15) is 0 Å². The van der Waals surface area contributed by atoms with Crippen molar-refractivity contribution in [3.63, 3.8) is 0 Å². The first-order valence-corrected chi connectivity index (χ1v) is 31.4. The molecule has 0 fully saturated rings. The smallest absolute Gasteiger partial charge is 0.159 e. The molecule has 4 nitrogen and oxygen atoms in total. The van der Waals surface area contributed by atoms with Crippen molar-refractivity contribution in [2.75, 3.05) is 9.80 Å². The van der Waals surface area contributed by atoms with Crippen molar-refractivity contribution < 1.29 is 8.83 Å². The molecule has 0 radical (unpaired) electrons. The van der Waals surface area contributed by atoms with Gasteiger partial charge in [-0.25, -0.2) is 0 Å². The van der Waals surface area contributed by atoms with Crippen LogP contribution in [0, 0.1) is 0 Å². The molecular formula is C64H52N2O2Si2. The molecule has 0 bridgehead atoms. The molecule has 338 valence electrons. The minimum absolute atomic E-state index is 0.878. The van der Waals surface area contributed by atoms with Crippen LogP contribution in [0.1, 0.15) is 0 Å². The van der Waals surface area contributed by atoms with Crippen LogP contribution in [0.4, 0.5) is 34.1 Å². The third-order valence-electron chi connectivity index (χ3n) is 14.5. The van der Waals surface area contributed by atoms with Crippen LogP contribution in [0.15, 0.2) is 215 Å².